The Hall–Kier alpha value is -0.550. The number of halogens is 11. The average Bonchev–Trinajstić information content (AvgIpc) is 2.35. The minimum absolute atomic E-state index is 0.598. The molecule has 0 amide bonds. The van der Waals surface area contributed by atoms with Crippen LogP contribution in [-0.2, 0) is 17.9 Å². The van der Waals surface area contributed by atoms with Crippen molar-refractivity contribution in [3.63, 3.8) is 0 Å². The number of hydrogen-bond donors (Lipinski definition) is 0. The second-order valence-corrected chi connectivity index (χ2v) is 9.15. The van der Waals surface area contributed by atoms with E-state index >= 15 is 0 Å². The normalized spacial score (nSPS) is 16.9. The maximum absolute atomic E-state index is 13.4. The topological polar surface area (TPSA) is 52.6 Å². The van der Waals surface area contributed by atoms with Crippen molar-refractivity contribution in [1.29, 1.82) is 0 Å². The van der Waals surface area contributed by atoms with Gasteiger partial charge in [0.25, 0.3) is 0 Å². The summed E-state index contributed by atoms with van der Waals surface area (Å²) in [5.74, 6) is -23.2. The minimum Gasteiger partial charge on any atom is -0.287 e. The summed E-state index contributed by atoms with van der Waals surface area (Å²) in [6.07, 6.45) is -6.19. The van der Waals surface area contributed by atoms with Crippen LogP contribution in [0.2, 0.25) is 0 Å². The summed E-state index contributed by atoms with van der Waals surface area (Å²) in [6, 6.07) is 0. The van der Waals surface area contributed by atoms with Crippen LogP contribution in [0, 0.1) is 0 Å². The largest absolute Gasteiger partial charge is 0.460 e. The van der Waals surface area contributed by atoms with E-state index in [-0.39, 0.29) is 0 Å². The van der Waals surface area contributed by atoms with Gasteiger partial charge in [-0.2, -0.15) is 70.9 Å². The number of rotatable bonds is 7. The third-order valence-electron chi connectivity index (χ3n) is 2.48. The maximum atomic E-state index is 13.4. The standard InChI is InChI=1S/C8H9F11O4S2/c1-22-24(2,3)23-25(20,21)8(18,19)6(13,14)4(9,10)5(11,12)7(15,16)17/h1-3H3. The van der Waals surface area contributed by atoms with Gasteiger partial charge >= 0.3 is 39.3 Å². The average molecular weight is 442 g/mol. The predicted molar refractivity (Wildman–Crippen MR) is 62.3 cm³/mol. The van der Waals surface area contributed by atoms with Crippen LogP contribution in [-0.4, -0.2) is 57.2 Å². The molecule has 154 valence electrons. The molecule has 0 aromatic carbocycles. The first-order valence-corrected chi connectivity index (χ1v) is 9.05. The number of alkyl halides is 11. The monoisotopic (exact) mass is 442 g/mol. The van der Waals surface area contributed by atoms with Gasteiger partial charge in [-0.3, -0.25) is 4.18 Å². The van der Waals surface area contributed by atoms with Gasteiger partial charge in [0, 0.05) is 12.5 Å². The van der Waals surface area contributed by atoms with Gasteiger partial charge in [-0.25, -0.2) is 0 Å². The molecule has 0 atom stereocenters. The van der Waals surface area contributed by atoms with E-state index in [2.05, 4.69) is 7.81 Å². The lowest BCUT2D eigenvalue weighted by molar-refractivity contribution is -0.413. The molecule has 0 rings (SSSR count). The first-order chi connectivity index (χ1) is 10.5. The highest BCUT2D eigenvalue weighted by Crippen LogP contribution is 2.59. The van der Waals surface area contributed by atoms with Crippen molar-refractivity contribution in [3.05, 3.63) is 0 Å². The van der Waals surface area contributed by atoms with Gasteiger partial charge in [0.15, 0.2) is 0 Å². The highest BCUT2D eigenvalue weighted by atomic mass is 32.3. The smallest absolute Gasteiger partial charge is 0.287 e. The Labute approximate surface area is 135 Å². The van der Waals surface area contributed by atoms with Crippen molar-refractivity contribution in [2.45, 2.75) is 29.2 Å². The highest BCUT2D eigenvalue weighted by Gasteiger charge is 2.90. The van der Waals surface area contributed by atoms with Crippen LogP contribution in [0.5, 0.6) is 0 Å². The Kier molecular flexibility index (Phi) is 6.12. The van der Waals surface area contributed by atoms with Crippen molar-refractivity contribution >= 4 is 20.7 Å². The van der Waals surface area contributed by atoms with E-state index in [0.717, 1.165) is 0 Å². The molecule has 0 N–H and O–H groups in total. The molecule has 0 saturated carbocycles. The molecule has 4 nitrogen and oxygen atoms in total. The van der Waals surface area contributed by atoms with Crippen LogP contribution in [0.25, 0.3) is 0 Å². The van der Waals surface area contributed by atoms with Crippen LogP contribution in [0.1, 0.15) is 0 Å². The lowest BCUT2D eigenvalue weighted by Gasteiger charge is -2.38. The van der Waals surface area contributed by atoms with Crippen molar-refractivity contribution in [1.82, 2.24) is 0 Å². The van der Waals surface area contributed by atoms with Gasteiger partial charge < -0.3 is 0 Å². The second kappa shape index (κ2) is 6.26. The molecular weight excluding hydrogens is 433 g/mol. The Balaban J connectivity index is 6.31. The summed E-state index contributed by atoms with van der Waals surface area (Å²) < 4.78 is 170. The van der Waals surface area contributed by atoms with E-state index in [1.54, 1.807) is 0 Å². The Morgan fingerprint density at radius 3 is 1.32 bits per heavy atom. The van der Waals surface area contributed by atoms with E-state index in [1.165, 1.54) is 0 Å². The van der Waals surface area contributed by atoms with E-state index in [0.29, 0.717) is 19.6 Å². The number of hydrogen-bond acceptors (Lipinski definition) is 4. The molecular formula is C8H9F11O4S2. The van der Waals surface area contributed by atoms with Crippen molar-refractivity contribution in [2.75, 3.05) is 19.6 Å². The predicted octanol–water partition coefficient (Wildman–Crippen LogP) is 3.93. The van der Waals surface area contributed by atoms with Crippen molar-refractivity contribution < 1.29 is 64.5 Å². The van der Waals surface area contributed by atoms with E-state index in [1.807, 2.05) is 0 Å². The maximum Gasteiger partial charge on any atom is 0.460 e. The molecule has 0 unspecified atom stereocenters. The van der Waals surface area contributed by atoms with E-state index < -0.39 is 49.9 Å². The van der Waals surface area contributed by atoms with E-state index in [9.17, 15) is 56.7 Å². The zero-order valence-electron chi connectivity index (χ0n) is 12.1. The van der Waals surface area contributed by atoms with Gasteiger partial charge in [0.1, 0.15) is 0 Å². The SMILES string of the molecule is COS(C)(C)OS(=O)(=O)C(F)(F)C(F)(F)C(F)(F)C(F)(F)C(F)(F)F. The molecule has 0 aromatic rings. The van der Waals surface area contributed by atoms with Gasteiger partial charge in [-0.05, 0) is 0 Å². The zero-order valence-corrected chi connectivity index (χ0v) is 13.7. The van der Waals surface area contributed by atoms with Gasteiger partial charge in [0.05, 0.1) is 7.11 Å². The third kappa shape index (κ3) is 3.78. The molecule has 17 heteroatoms. The lowest BCUT2D eigenvalue weighted by Crippen LogP contribution is -2.68. The summed E-state index contributed by atoms with van der Waals surface area (Å²) in [5, 5.41) is -7.17. The second-order valence-electron chi connectivity index (χ2n) is 4.57. The lowest BCUT2D eigenvalue weighted by atomic mass is 10.0. The summed E-state index contributed by atoms with van der Waals surface area (Å²) in [7, 11) is -10.1. The Bertz CT molecular complexity index is 596. The first-order valence-electron chi connectivity index (χ1n) is 5.34. The van der Waals surface area contributed by atoms with Crippen LogP contribution in [0.4, 0.5) is 48.3 Å². The van der Waals surface area contributed by atoms with Crippen molar-refractivity contribution in [2.24, 2.45) is 0 Å². The molecule has 0 bridgehead atoms. The van der Waals surface area contributed by atoms with E-state index in [4.69, 9.17) is 0 Å². The van der Waals surface area contributed by atoms with Gasteiger partial charge in [-0.15, -0.1) is 0 Å². The van der Waals surface area contributed by atoms with Crippen LogP contribution >= 0.6 is 10.6 Å². The van der Waals surface area contributed by atoms with Crippen LogP contribution in [0.3, 0.4) is 0 Å². The van der Waals surface area contributed by atoms with Crippen LogP contribution < -0.4 is 0 Å². The molecule has 0 aliphatic heterocycles. The molecule has 0 fully saturated rings. The fraction of sp³-hybridized carbons (Fsp3) is 1.00. The molecule has 25 heavy (non-hydrogen) atoms. The third-order valence-corrected chi connectivity index (χ3v) is 6.19. The fourth-order valence-electron chi connectivity index (χ4n) is 1.00. The Morgan fingerprint density at radius 2 is 1.04 bits per heavy atom. The summed E-state index contributed by atoms with van der Waals surface area (Å²) >= 11 is 0. The molecule has 0 saturated heterocycles. The van der Waals surface area contributed by atoms with Crippen LogP contribution in [0.15, 0.2) is 0 Å². The molecule has 0 heterocycles. The quantitative estimate of drug-likeness (QED) is 0.561. The van der Waals surface area contributed by atoms with Gasteiger partial charge in [-0.1, -0.05) is 0 Å². The molecule has 0 spiro atoms. The highest BCUT2D eigenvalue weighted by molar-refractivity contribution is 8.28. The molecule has 0 aliphatic rings. The first kappa shape index (κ1) is 24.5. The summed E-state index contributed by atoms with van der Waals surface area (Å²) in [5.41, 5.74) is 0. The Morgan fingerprint density at radius 1 is 0.680 bits per heavy atom. The molecule has 0 aromatic heterocycles. The molecule has 0 radical (unpaired) electrons. The molecule has 0 aliphatic carbocycles. The van der Waals surface area contributed by atoms with Crippen molar-refractivity contribution in [3.8, 4) is 0 Å². The zero-order chi connectivity index (χ0) is 20.9. The van der Waals surface area contributed by atoms with Gasteiger partial charge in [0.2, 0.25) is 0 Å². The summed E-state index contributed by atoms with van der Waals surface area (Å²) in [4.78, 5) is 0. The fourth-order valence-corrected chi connectivity index (χ4v) is 3.73. The minimum atomic E-state index is -7.84. The summed E-state index contributed by atoms with van der Waals surface area (Å²) in [6.45, 7) is 0.